The molecule has 42 valence electrons. The first-order valence-electron chi connectivity index (χ1n) is 2.53. The summed E-state index contributed by atoms with van der Waals surface area (Å²) >= 11 is 4.15. The molecular weight excluding hydrogens is 104 g/mol. The molecule has 0 N–H and O–H groups in total. The van der Waals surface area contributed by atoms with Gasteiger partial charge in [0.2, 0.25) is 0 Å². The Hall–Kier alpha value is 0.0900. The lowest BCUT2D eigenvalue weighted by Gasteiger charge is -1.93. The Kier molecular flexibility index (Phi) is 3.18. The lowest BCUT2D eigenvalue weighted by Crippen LogP contribution is -1.71. The minimum atomic E-state index is 1.12. The van der Waals surface area contributed by atoms with Crippen LogP contribution < -0.4 is 0 Å². The molecule has 0 unspecified atom stereocenters. The molecule has 7 heavy (non-hydrogen) atoms. The van der Waals surface area contributed by atoms with Crippen LogP contribution in [0.5, 0.6) is 0 Å². The van der Waals surface area contributed by atoms with Crippen LogP contribution in [-0.2, 0) is 0 Å². The maximum absolute atomic E-state index is 4.15. The van der Waals surface area contributed by atoms with Crippen molar-refractivity contribution in [2.75, 3.05) is 0 Å². The molecule has 0 rings (SSSR count). The van der Waals surface area contributed by atoms with E-state index in [9.17, 15) is 0 Å². The van der Waals surface area contributed by atoms with Gasteiger partial charge in [-0.2, -0.15) is 0 Å². The Morgan fingerprint density at radius 3 is 1.86 bits per heavy atom. The molecule has 0 bridgehead atoms. The van der Waals surface area contributed by atoms with Gasteiger partial charge in [0.1, 0.15) is 0 Å². The van der Waals surface area contributed by atoms with Crippen molar-refractivity contribution in [1.29, 1.82) is 0 Å². The predicted octanol–water partition coefficient (Wildman–Crippen LogP) is 2.62. The molecule has 0 aromatic heterocycles. The lowest BCUT2D eigenvalue weighted by molar-refractivity contribution is 1.09. The second-order valence-corrected chi connectivity index (χ2v) is 2.39. The second kappa shape index (κ2) is 3.14. The van der Waals surface area contributed by atoms with E-state index in [4.69, 9.17) is 0 Å². The predicted molar refractivity (Wildman–Crippen MR) is 37.7 cm³/mol. The monoisotopic (exact) mass is 116 g/mol. The van der Waals surface area contributed by atoms with E-state index in [0.717, 1.165) is 11.3 Å². The van der Waals surface area contributed by atoms with Gasteiger partial charge in [0.25, 0.3) is 0 Å². The molecule has 0 nitrogen and oxygen atoms in total. The zero-order valence-electron chi connectivity index (χ0n) is 5.15. The summed E-state index contributed by atoms with van der Waals surface area (Å²) in [5, 5.41) is 0. The molecule has 0 aromatic carbocycles. The van der Waals surface area contributed by atoms with Crippen LogP contribution in [0.3, 0.4) is 0 Å². The summed E-state index contributed by atoms with van der Waals surface area (Å²) in [6.07, 6.45) is 1.12. The van der Waals surface area contributed by atoms with Crippen molar-refractivity contribution in [3.05, 3.63) is 10.5 Å². The van der Waals surface area contributed by atoms with Crippen molar-refractivity contribution in [2.24, 2.45) is 0 Å². The van der Waals surface area contributed by atoms with Crippen molar-refractivity contribution in [3.63, 3.8) is 0 Å². The van der Waals surface area contributed by atoms with Crippen LogP contribution in [0.2, 0.25) is 0 Å². The van der Waals surface area contributed by atoms with Gasteiger partial charge in [-0.25, -0.2) is 0 Å². The fourth-order valence-corrected chi connectivity index (χ4v) is 0.414. The smallest absolute Gasteiger partial charge is 0.0226 e. The minimum absolute atomic E-state index is 1.12. The first kappa shape index (κ1) is 7.09. The van der Waals surface area contributed by atoms with Crippen LogP contribution in [0.4, 0.5) is 0 Å². The average molecular weight is 116 g/mol. The molecule has 0 saturated heterocycles. The topological polar surface area (TPSA) is 0 Å². The molecule has 0 spiro atoms. The Balaban J connectivity index is 3.72. The SMILES string of the molecule is CC/C(C)=C(\C)S. The summed E-state index contributed by atoms with van der Waals surface area (Å²) in [5.74, 6) is 0. The van der Waals surface area contributed by atoms with E-state index in [-0.39, 0.29) is 0 Å². The third kappa shape index (κ3) is 2.75. The zero-order chi connectivity index (χ0) is 5.86. The van der Waals surface area contributed by atoms with Crippen LogP contribution in [-0.4, -0.2) is 0 Å². The molecule has 0 amide bonds. The summed E-state index contributed by atoms with van der Waals surface area (Å²) in [6, 6.07) is 0. The van der Waals surface area contributed by atoms with E-state index in [1.165, 1.54) is 5.57 Å². The highest BCUT2D eigenvalue weighted by Crippen LogP contribution is 2.08. The first-order valence-corrected chi connectivity index (χ1v) is 2.98. The number of rotatable bonds is 1. The van der Waals surface area contributed by atoms with Crippen molar-refractivity contribution < 1.29 is 0 Å². The minimum Gasteiger partial charge on any atom is -0.148 e. The molecule has 0 fully saturated rings. The standard InChI is InChI=1S/C6H12S/c1-4-5(2)6(3)7/h7H,4H2,1-3H3/b6-5+. The van der Waals surface area contributed by atoms with Gasteiger partial charge < -0.3 is 0 Å². The number of thiol groups is 1. The molecule has 0 aromatic rings. The van der Waals surface area contributed by atoms with Gasteiger partial charge in [0, 0.05) is 0 Å². The maximum atomic E-state index is 4.15. The van der Waals surface area contributed by atoms with Crippen LogP contribution in [0.1, 0.15) is 27.2 Å². The molecule has 0 heterocycles. The quantitative estimate of drug-likeness (QED) is 0.500. The van der Waals surface area contributed by atoms with E-state index < -0.39 is 0 Å². The van der Waals surface area contributed by atoms with E-state index in [1.807, 2.05) is 6.92 Å². The zero-order valence-corrected chi connectivity index (χ0v) is 6.05. The Morgan fingerprint density at radius 2 is 1.86 bits per heavy atom. The lowest BCUT2D eigenvalue weighted by atomic mass is 10.2. The Bertz CT molecular complexity index is 78.2. The summed E-state index contributed by atoms with van der Waals surface area (Å²) in [5.41, 5.74) is 1.38. The summed E-state index contributed by atoms with van der Waals surface area (Å²) in [4.78, 5) is 1.16. The van der Waals surface area contributed by atoms with E-state index >= 15 is 0 Å². The largest absolute Gasteiger partial charge is 0.148 e. The third-order valence-corrected chi connectivity index (χ3v) is 1.53. The molecule has 0 aliphatic rings. The van der Waals surface area contributed by atoms with Crippen molar-refractivity contribution in [3.8, 4) is 0 Å². The second-order valence-electron chi connectivity index (χ2n) is 1.72. The highest BCUT2D eigenvalue weighted by atomic mass is 32.1. The normalized spacial score (nSPS) is 13.7. The molecule has 0 atom stereocenters. The van der Waals surface area contributed by atoms with E-state index in [2.05, 4.69) is 26.5 Å². The molecule has 0 aliphatic carbocycles. The van der Waals surface area contributed by atoms with Crippen LogP contribution in [0, 0.1) is 0 Å². The Morgan fingerprint density at radius 1 is 1.43 bits per heavy atom. The molecule has 0 aliphatic heterocycles. The highest BCUT2D eigenvalue weighted by molar-refractivity contribution is 7.84. The highest BCUT2D eigenvalue weighted by Gasteiger charge is 1.83. The van der Waals surface area contributed by atoms with Crippen LogP contribution in [0.15, 0.2) is 10.5 Å². The first-order chi connectivity index (χ1) is 3.18. The van der Waals surface area contributed by atoms with Gasteiger partial charge in [-0.3, -0.25) is 0 Å². The Labute approximate surface area is 51.0 Å². The van der Waals surface area contributed by atoms with Gasteiger partial charge in [-0.15, -0.1) is 12.6 Å². The summed E-state index contributed by atoms with van der Waals surface area (Å²) in [6.45, 7) is 6.25. The van der Waals surface area contributed by atoms with Gasteiger partial charge in [0.15, 0.2) is 0 Å². The van der Waals surface area contributed by atoms with Crippen LogP contribution >= 0.6 is 12.6 Å². The van der Waals surface area contributed by atoms with Gasteiger partial charge in [0.05, 0.1) is 0 Å². The molecular formula is C6H12S. The number of hydrogen-bond acceptors (Lipinski definition) is 1. The van der Waals surface area contributed by atoms with E-state index in [1.54, 1.807) is 0 Å². The van der Waals surface area contributed by atoms with Crippen molar-refractivity contribution >= 4 is 12.6 Å². The average Bonchev–Trinajstić information content (AvgIpc) is 1.65. The van der Waals surface area contributed by atoms with Crippen molar-refractivity contribution in [1.82, 2.24) is 0 Å². The van der Waals surface area contributed by atoms with Gasteiger partial charge >= 0.3 is 0 Å². The van der Waals surface area contributed by atoms with Gasteiger partial charge in [-0.1, -0.05) is 12.5 Å². The number of hydrogen-bond donors (Lipinski definition) is 1. The molecule has 1 heteroatoms. The van der Waals surface area contributed by atoms with Gasteiger partial charge in [-0.05, 0) is 25.2 Å². The fourth-order valence-electron chi connectivity index (χ4n) is 0.256. The number of allylic oxidation sites excluding steroid dienone is 2. The molecule has 0 radical (unpaired) electrons. The van der Waals surface area contributed by atoms with E-state index in [0.29, 0.717) is 0 Å². The van der Waals surface area contributed by atoms with Crippen molar-refractivity contribution in [2.45, 2.75) is 27.2 Å². The third-order valence-electron chi connectivity index (χ3n) is 1.15. The summed E-state index contributed by atoms with van der Waals surface area (Å²) in [7, 11) is 0. The molecule has 0 saturated carbocycles. The summed E-state index contributed by atoms with van der Waals surface area (Å²) < 4.78 is 0. The fraction of sp³-hybridized carbons (Fsp3) is 0.667. The maximum Gasteiger partial charge on any atom is -0.0226 e. The van der Waals surface area contributed by atoms with Crippen LogP contribution in [0.25, 0.3) is 0 Å².